The molecule has 1 aromatic rings. The number of hydrogen-bond acceptors (Lipinski definition) is 4. The van der Waals surface area contributed by atoms with E-state index in [1.165, 1.54) is 0 Å². The first-order chi connectivity index (χ1) is 12.1. The summed E-state index contributed by atoms with van der Waals surface area (Å²) in [6.45, 7) is 0. The Balaban J connectivity index is 1.53. The first-order valence-electron chi connectivity index (χ1n) is 9.03. The number of nitrogens with zero attached hydrogens (tertiary/aromatic N) is 1. The summed E-state index contributed by atoms with van der Waals surface area (Å²) in [4.78, 5) is 27.1. The predicted octanol–water partition coefficient (Wildman–Crippen LogP) is 0.674. The predicted molar refractivity (Wildman–Crippen MR) is 88.0 cm³/mol. The highest BCUT2D eigenvalue weighted by Crippen LogP contribution is 2.64. The van der Waals surface area contributed by atoms with Crippen molar-refractivity contribution in [2.45, 2.75) is 37.3 Å². The molecule has 0 spiro atoms. The lowest BCUT2D eigenvalue weighted by Crippen LogP contribution is -2.45. The van der Waals surface area contributed by atoms with Crippen LogP contribution in [-0.4, -0.2) is 47.3 Å². The van der Waals surface area contributed by atoms with E-state index in [1.54, 1.807) is 11.9 Å². The number of likely N-dealkylation sites (tertiary alicyclic amines) is 1. The molecular formula is C19H22N2O4. The molecule has 2 heterocycles. The molecule has 1 aromatic carbocycles. The van der Waals surface area contributed by atoms with Gasteiger partial charge in [0.25, 0.3) is 0 Å². The number of benzene rings is 1. The largest absolute Gasteiger partial charge is 0.390 e. The van der Waals surface area contributed by atoms with Gasteiger partial charge >= 0.3 is 0 Å². The molecule has 6 heteroatoms. The minimum Gasteiger partial charge on any atom is -0.390 e. The summed E-state index contributed by atoms with van der Waals surface area (Å²) in [5.41, 5.74) is 0.945. The van der Waals surface area contributed by atoms with Crippen molar-refractivity contribution in [2.75, 3.05) is 7.05 Å². The monoisotopic (exact) mass is 342 g/mol. The highest BCUT2D eigenvalue weighted by atomic mass is 16.5. The Morgan fingerprint density at radius 1 is 1.36 bits per heavy atom. The number of aliphatic hydroxyl groups is 1. The van der Waals surface area contributed by atoms with E-state index in [-0.39, 0.29) is 60.3 Å². The van der Waals surface area contributed by atoms with Crippen molar-refractivity contribution >= 4 is 11.8 Å². The van der Waals surface area contributed by atoms with E-state index in [1.807, 2.05) is 30.3 Å². The number of ether oxygens (including phenoxy) is 1. The van der Waals surface area contributed by atoms with Crippen LogP contribution >= 0.6 is 0 Å². The molecule has 4 fully saturated rings. The molecule has 2 saturated carbocycles. The van der Waals surface area contributed by atoms with Crippen molar-refractivity contribution in [1.82, 2.24) is 10.2 Å². The average Bonchev–Trinajstić information content (AvgIpc) is 3.31. The fourth-order valence-corrected chi connectivity index (χ4v) is 5.75. The zero-order valence-electron chi connectivity index (χ0n) is 14.0. The Morgan fingerprint density at radius 2 is 2.12 bits per heavy atom. The van der Waals surface area contributed by atoms with Crippen LogP contribution in [0.15, 0.2) is 30.3 Å². The van der Waals surface area contributed by atoms with Gasteiger partial charge in [0.05, 0.1) is 30.6 Å². The quantitative estimate of drug-likeness (QED) is 0.843. The maximum Gasteiger partial charge on any atom is 0.229 e. The number of aliphatic hydroxyl groups excluding tert-OH is 1. The smallest absolute Gasteiger partial charge is 0.229 e. The van der Waals surface area contributed by atoms with E-state index in [0.29, 0.717) is 0 Å². The molecule has 4 aliphatic rings. The number of fused-ring (bicyclic) bond motifs is 2. The van der Waals surface area contributed by atoms with Gasteiger partial charge in [-0.15, -0.1) is 0 Å². The molecule has 5 rings (SSSR count). The minimum absolute atomic E-state index is 0.0129. The first kappa shape index (κ1) is 15.3. The summed E-state index contributed by atoms with van der Waals surface area (Å²) in [6, 6.07) is 9.35. The highest BCUT2D eigenvalue weighted by Gasteiger charge is 2.73. The Labute approximate surface area is 146 Å². The van der Waals surface area contributed by atoms with Crippen molar-refractivity contribution in [3.05, 3.63) is 35.9 Å². The number of carbonyl (C=O) groups excluding carboxylic acids is 2. The third kappa shape index (κ3) is 1.92. The lowest BCUT2D eigenvalue weighted by molar-refractivity contribution is -0.157. The molecule has 2 amide bonds. The Morgan fingerprint density at radius 3 is 2.84 bits per heavy atom. The Hall–Kier alpha value is -1.92. The fraction of sp³-hybridized carbons (Fsp3) is 0.579. The Bertz CT molecular complexity index is 723. The van der Waals surface area contributed by atoms with Gasteiger partial charge in [-0.1, -0.05) is 30.3 Å². The highest BCUT2D eigenvalue weighted by molar-refractivity contribution is 5.85. The van der Waals surface area contributed by atoms with Crippen LogP contribution in [0.4, 0.5) is 0 Å². The van der Waals surface area contributed by atoms with Gasteiger partial charge in [-0.05, 0) is 23.8 Å². The molecule has 2 N–H and O–H groups in total. The average molecular weight is 342 g/mol. The molecule has 2 aliphatic carbocycles. The van der Waals surface area contributed by atoms with Gasteiger partial charge in [-0.3, -0.25) is 9.59 Å². The second-order valence-corrected chi connectivity index (χ2v) is 7.70. The van der Waals surface area contributed by atoms with Crippen molar-refractivity contribution < 1.29 is 19.4 Å². The third-order valence-corrected chi connectivity index (χ3v) is 6.73. The van der Waals surface area contributed by atoms with Gasteiger partial charge < -0.3 is 20.1 Å². The van der Waals surface area contributed by atoms with Crippen LogP contribution in [-0.2, 0) is 14.3 Å². The SMILES string of the molecule is CNC(=O)CC(c1ccccc1)N1C(=O)C2C3CC4C(OC1C42)C3O. The van der Waals surface area contributed by atoms with Crippen LogP contribution in [0.1, 0.15) is 24.4 Å². The van der Waals surface area contributed by atoms with Crippen molar-refractivity contribution in [3.8, 4) is 0 Å². The maximum atomic E-state index is 13.2. The zero-order valence-corrected chi connectivity index (χ0v) is 14.0. The summed E-state index contributed by atoms with van der Waals surface area (Å²) < 4.78 is 6.17. The summed E-state index contributed by atoms with van der Waals surface area (Å²) in [7, 11) is 1.61. The standard InChI is InChI=1S/C19H22N2O4/c1-20-13(22)8-12(9-5-3-2-4-6-9)21-18(24)14-10-7-11-15(14)19(21)25-17(11)16(10)23/h2-6,10-12,14-17,19,23H,7-8H2,1H3,(H,20,22). The summed E-state index contributed by atoms with van der Waals surface area (Å²) in [5.74, 6) is 0.247. The van der Waals surface area contributed by atoms with Crippen LogP contribution in [0.2, 0.25) is 0 Å². The van der Waals surface area contributed by atoms with Gasteiger partial charge in [0.15, 0.2) is 0 Å². The van der Waals surface area contributed by atoms with Gasteiger partial charge in [0, 0.05) is 13.0 Å². The summed E-state index contributed by atoms with van der Waals surface area (Å²) in [5, 5.41) is 13.1. The van der Waals surface area contributed by atoms with Gasteiger partial charge in [0.2, 0.25) is 11.8 Å². The van der Waals surface area contributed by atoms with E-state index in [0.717, 1.165) is 12.0 Å². The zero-order chi connectivity index (χ0) is 17.3. The molecular weight excluding hydrogens is 320 g/mol. The lowest BCUT2D eigenvalue weighted by Gasteiger charge is -2.35. The van der Waals surface area contributed by atoms with E-state index in [4.69, 9.17) is 4.74 Å². The summed E-state index contributed by atoms with van der Waals surface area (Å²) in [6.07, 6.45) is 0.126. The normalized spacial score (nSPS) is 41.4. The topological polar surface area (TPSA) is 78.9 Å². The minimum atomic E-state index is -0.517. The van der Waals surface area contributed by atoms with E-state index in [9.17, 15) is 14.7 Å². The van der Waals surface area contributed by atoms with Crippen molar-refractivity contribution in [3.63, 3.8) is 0 Å². The number of rotatable bonds is 4. The second-order valence-electron chi connectivity index (χ2n) is 7.70. The first-order valence-corrected chi connectivity index (χ1v) is 9.03. The van der Waals surface area contributed by atoms with Crippen LogP contribution < -0.4 is 5.32 Å². The molecule has 6 nitrogen and oxygen atoms in total. The van der Waals surface area contributed by atoms with E-state index < -0.39 is 6.10 Å². The van der Waals surface area contributed by atoms with Gasteiger partial charge in [-0.25, -0.2) is 0 Å². The molecule has 0 aromatic heterocycles. The van der Waals surface area contributed by atoms with E-state index >= 15 is 0 Å². The second kappa shape index (κ2) is 5.29. The number of carbonyl (C=O) groups is 2. The molecule has 2 bridgehead atoms. The van der Waals surface area contributed by atoms with Gasteiger partial charge in [-0.2, -0.15) is 0 Å². The van der Waals surface area contributed by atoms with Crippen LogP contribution in [0.5, 0.6) is 0 Å². The molecule has 25 heavy (non-hydrogen) atoms. The van der Waals surface area contributed by atoms with Crippen molar-refractivity contribution in [1.29, 1.82) is 0 Å². The molecule has 132 valence electrons. The molecule has 8 atom stereocenters. The summed E-state index contributed by atoms with van der Waals surface area (Å²) >= 11 is 0. The van der Waals surface area contributed by atoms with Gasteiger partial charge in [0.1, 0.15) is 6.23 Å². The fourth-order valence-electron chi connectivity index (χ4n) is 5.75. The van der Waals surface area contributed by atoms with E-state index in [2.05, 4.69) is 5.32 Å². The molecule has 2 aliphatic heterocycles. The van der Waals surface area contributed by atoms with Crippen LogP contribution in [0.3, 0.4) is 0 Å². The Kier molecular flexibility index (Phi) is 3.24. The number of nitrogens with one attached hydrogen (secondary N) is 1. The van der Waals surface area contributed by atoms with Crippen LogP contribution in [0.25, 0.3) is 0 Å². The molecule has 8 unspecified atom stereocenters. The van der Waals surface area contributed by atoms with Crippen LogP contribution in [0, 0.1) is 23.7 Å². The van der Waals surface area contributed by atoms with Crippen molar-refractivity contribution in [2.24, 2.45) is 23.7 Å². The molecule has 2 saturated heterocycles. The number of hydrogen-bond donors (Lipinski definition) is 2. The number of amides is 2. The molecule has 0 radical (unpaired) electrons. The maximum absolute atomic E-state index is 13.2. The third-order valence-electron chi connectivity index (χ3n) is 6.73. The lowest BCUT2D eigenvalue weighted by atomic mass is 9.80.